The van der Waals surface area contributed by atoms with E-state index in [1.54, 1.807) is 24.0 Å². The predicted octanol–water partition coefficient (Wildman–Crippen LogP) is 1.39. The first-order valence-electron chi connectivity index (χ1n) is 4.93. The number of para-hydroxylation sites is 1. The van der Waals surface area contributed by atoms with Crippen molar-refractivity contribution in [1.29, 1.82) is 0 Å². The van der Waals surface area contributed by atoms with E-state index >= 15 is 0 Å². The van der Waals surface area contributed by atoms with Crippen molar-refractivity contribution in [2.75, 3.05) is 11.1 Å². The van der Waals surface area contributed by atoms with Gasteiger partial charge in [0.1, 0.15) is 5.82 Å². The molecule has 1 amide bonds. The number of benzene rings is 1. The van der Waals surface area contributed by atoms with Crippen molar-refractivity contribution in [1.82, 2.24) is 9.78 Å². The maximum absolute atomic E-state index is 13.2. The van der Waals surface area contributed by atoms with E-state index < -0.39 is 11.7 Å². The largest absolute Gasteiger partial charge is 0.396 e. The molecule has 5 nitrogen and oxygen atoms in total. The zero-order chi connectivity index (χ0) is 12.4. The van der Waals surface area contributed by atoms with Crippen LogP contribution in [0.2, 0.25) is 0 Å². The maximum atomic E-state index is 13.2. The number of nitrogen functional groups attached to an aromatic ring is 1. The molecule has 88 valence electrons. The summed E-state index contributed by atoms with van der Waals surface area (Å²) >= 11 is 0. The third-order valence-corrected chi connectivity index (χ3v) is 2.25. The van der Waals surface area contributed by atoms with Gasteiger partial charge in [-0.15, -0.1) is 0 Å². The third kappa shape index (κ3) is 2.25. The molecule has 6 heteroatoms. The molecule has 0 radical (unpaired) electrons. The van der Waals surface area contributed by atoms with E-state index in [-0.39, 0.29) is 11.3 Å². The molecule has 0 aliphatic carbocycles. The lowest BCUT2D eigenvalue weighted by Gasteiger charge is -2.05. The van der Waals surface area contributed by atoms with Crippen molar-refractivity contribution in [2.24, 2.45) is 7.05 Å². The van der Waals surface area contributed by atoms with Crippen LogP contribution < -0.4 is 11.1 Å². The fraction of sp³-hybridized carbons (Fsp3) is 0.0909. The van der Waals surface area contributed by atoms with Gasteiger partial charge in [-0.05, 0) is 12.1 Å². The number of carbonyl (C=O) groups excluding carboxylic acids is 1. The van der Waals surface area contributed by atoms with Gasteiger partial charge in [-0.3, -0.25) is 9.48 Å². The van der Waals surface area contributed by atoms with Crippen LogP contribution in [0.15, 0.2) is 30.5 Å². The molecular formula is C11H11FN4O. The minimum absolute atomic E-state index is 0.0932. The van der Waals surface area contributed by atoms with Gasteiger partial charge in [-0.25, -0.2) is 4.39 Å². The Labute approximate surface area is 97.0 Å². The van der Waals surface area contributed by atoms with E-state index in [0.717, 1.165) is 0 Å². The first-order valence-corrected chi connectivity index (χ1v) is 4.93. The second kappa shape index (κ2) is 4.25. The van der Waals surface area contributed by atoms with Crippen molar-refractivity contribution in [3.8, 4) is 0 Å². The Kier molecular flexibility index (Phi) is 2.78. The van der Waals surface area contributed by atoms with E-state index in [1.807, 2.05) is 0 Å². The summed E-state index contributed by atoms with van der Waals surface area (Å²) in [6.45, 7) is 0. The van der Waals surface area contributed by atoms with Gasteiger partial charge in [-0.2, -0.15) is 5.10 Å². The van der Waals surface area contributed by atoms with Gasteiger partial charge in [0, 0.05) is 19.3 Å². The summed E-state index contributed by atoms with van der Waals surface area (Å²) < 4.78 is 14.7. The van der Waals surface area contributed by atoms with E-state index in [4.69, 9.17) is 5.73 Å². The number of nitrogens with two attached hydrogens (primary N) is 1. The number of hydrogen-bond donors (Lipinski definition) is 2. The predicted molar refractivity (Wildman–Crippen MR) is 62.0 cm³/mol. The molecule has 0 saturated heterocycles. The highest BCUT2D eigenvalue weighted by Crippen LogP contribution is 2.17. The number of aryl methyl sites for hydroxylation is 1. The summed E-state index contributed by atoms with van der Waals surface area (Å²) in [5.41, 5.74) is 5.41. The first-order chi connectivity index (χ1) is 8.08. The van der Waals surface area contributed by atoms with Crippen LogP contribution in [0.4, 0.5) is 15.9 Å². The Morgan fingerprint density at radius 2 is 2.24 bits per heavy atom. The van der Waals surface area contributed by atoms with Gasteiger partial charge in [0.15, 0.2) is 5.82 Å². The molecule has 0 bridgehead atoms. The van der Waals surface area contributed by atoms with Gasteiger partial charge in [-0.1, -0.05) is 6.07 Å². The summed E-state index contributed by atoms with van der Waals surface area (Å²) in [5, 5.41) is 6.51. The number of carbonyl (C=O) groups is 1. The molecule has 0 spiro atoms. The average Bonchev–Trinajstić information content (AvgIpc) is 2.68. The van der Waals surface area contributed by atoms with Crippen LogP contribution in [-0.4, -0.2) is 15.7 Å². The van der Waals surface area contributed by atoms with Crippen LogP contribution in [0, 0.1) is 5.82 Å². The van der Waals surface area contributed by atoms with E-state index in [9.17, 15) is 9.18 Å². The van der Waals surface area contributed by atoms with Crippen LogP contribution in [0.1, 0.15) is 10.4 Å². The maximum Gasteiger partial charge on any atom is 0.259 e. The van der Waals surface area contributed by atoms with Crippen molar-refractivity contribution in [3.63, 3.8) is 0 Å². The van der Waals surface area contributed by atoms with E-state index in [1.165, 1.54) is 18.2 Å². The number of hydrogen-bond acceptors (Lipinski definition) is 3. The quantitative estimate of drug-likeness (QED) is 0.771. The average molecular weight is 234 g/mol. The smallest absolute Gasteiger partial charge is 0.259 e. The number of nitrogens with zero attached hydrogens (tertiary/aromatic N) is 2. The van der Waals surface area contributed by atoms with Crippen LogP contribution in [0.5, 0.6) is 0 Å². The molecule has 17 heavy (non-hydrogen) atoms. The Morgan fingerprint density at radius 3 is 2.88 bits per heavy atom. The number of anilines is 2. The molecule has 0 saturated carbocycles. The molecule has 1 aromatic carbocycles. The number of aromatic nitrogens is 2. The monoisotopic (exact) mass is 234 g/mol. The fourth-order valence-corrected chi connectivity index (χ4v) is 1.40. The van der Waals surface area contributed by atoms with Gasteiger partial charge in [0.2, 0.25) is 0 Å². The van der Waals surface area contributed by atoms with Gasteiger partial charge < -0.3 is 11.1 Å². The molecular weight excluding hydrogens is 223 g/mol. The summed E-state index contributed by atoms with van der Waals surface area (Å²) in [7, 11) is 1.73. The third-order valence-electron chi connectivity index (χ3n) is 2.25. The van der Waals surface area contributed by atoms with Gasteiger partial charge in [0.25, 0.3) is 5.91 Å². The normalized spacial score (nSPS) is 10.2. The molecule has 0 fully saturated rings. The molecule has 0 atom stereocenters. The molecule has 2 aromatic rings. The van der Waals surface area contributed by atoms with Crippen molar-refractivity contribution < 1.29 is 9.18 Å². The molecule has 0 aliphatic heterocycles. The standard InChI is InChI=1S/C11H11FN4O/c1-16-6-5-9(15-16)14-11(17)7-3-2-4-8(12)10(7)13/h2-6H,13H2,1H3,(H,14,15,17). The van der Waals surface area contributed by atoms with Crippen LogP contribution in [0.3, 0.4) is 0 Å². The molecule has 0 unspecified atom stereocenters. The van der Waals surface area contributed by atoms with Crippen LogP contribution >= 0.6 is 0 Å². The zero-order valence-corrected chi connectivity index (χ0v) is 9.14. The fourth-order valence-electron chi connectivity index (χ4n) is 1.40. The van der Waals surface area contributed by atoms with Crippen LogP contribution in [-0.2, 0) is 7.05 Å². The van der Waals surface area contributed by atoms with Gasteiger partial charge in [0.05, 0.1) is 11.3 Å². The molecule has 1 heterocycles. The van der Waals surface area contributed by atoms with E-state index in [0.29, 0.717) is 5.82 Å². The summed E-state index contributed by atoms with van der Waals surface area (Å²) in [4.78, 5) is 11.8. The number of amides is 1. The zero-order valence-electron chi connectivity index (χ0n) is 9.14. The van der Waals surface area contributed by atoms with Gasteiger partial charge >= 0.3 is 0 Å². The van der Waals surface area contributed by atoms with Crippen molar-refractivity contribution in [3.05, 3.63) is 41.8 Å². The lowest BCUT2D eigenvalue weighted by molar-refractivity contribution is 0.102. The minimum atomic E-state index is -0.612. The Balaban J connectivity index is 2.23. The highest BCUT2D eigenvalue weighted by Gasteiger charge is 2.13. The topological polar surface area (TPSA) is 72.9 Å². The second-order valence-electron chi connectivity index (χ2n) is 3.53. The highest BCUT2D eigenvalue weighted by molar-refractivity contribution is 6.07. The second-order valence-corrected chi connectivity index (χ2v) is 3.53. The number of halogens is 1. The Morgan fingerprint density at radius 1 is 1.47 bits per heavy atom. The summed E-state index contributed by atoms with van der Waals surface area (Å²) in [6.07, 6.45) is 1.69. The summed E-state index contributed by atoms with van der Waals surface area (Å²) in [5.74, 6) is -0.708. The number of rotatable bonds is 2. The van der Waals surface area contributed by atoms with Crippen molar-refractivity contribution >= 4 is 17.4 Å². The van der Waals surface area contributed by atoms with E-state index in [2.05, 4.69) is 10.4 Å². The molecule has 2 rings (SSSR count). The minimum Gasteiger partial charge on any atom is -0.396 e. The first kappa shape index (κ1) is 11.1. The Bertz CT molecular complexity index is 564. The SMILES string of the molecule is Cn1ccc(NC(=O)c2cccc(F)c2N)n1. The summed E-state index contributed by atoms with van der Waals surface area (Å²) in [6, 6.07) is 5.72. The highest BCUT2D eigenvalue weighted by atomic mass is 19.1. The molecule has 1 aromatic heterocycles. The van der Waals surface area contributed by atoms with Crippen molar-refractivity contribution in [2.45, 2.75) is 0 Å². The van der Waals surface area contributed by atoms with Crippen LogP contribution in [0.25, 0.3) is 0 Å². The number of nitrogens with one attached hydrogen (secondary N) is 1. The lowest BCUT2D eigenvalue weighted by Crippen LogP contribution is -2.15. The lowest BCUT2D eigenvalue weighted by atomic mass is 10.1. The molecule has 3 N–H and O–H groups in total. The molecule has 0 aliphatic rings. The Hall–Kier alpha value is -2.37.